The highest BCUT2D eigenvalue weighted by atomic mass is 19.4. The first kappa shape index (κ1) is 14.2. The van der Waals surface area contributed by atoms with Crippen LogP contribution in [-0.2, 0) is 6.18 Å². The Balaban J connectivity index is 2.25. The molecule has 1 aromatic carbocycles. The third-order valence-electron chi connectivity index (χ3n) is 3.00. The van der Waals surface area contributed by atoms with Crippen molar-refractivity contribution in [2.24, 2.45) is 0 Å². The van der Waals surface area contributed by atoms with E-state index in [1.807, 2.05) is 0 Å². The van der Waals surface area contributed by atoms with Gasteiger partial charge < -0.3 is 4.42 Å². The third kappa shape index (κ3) is 2.12. The molecule has 0 radical (unpaired) electrons. The van der Waals surface area contributed by atoms with Crippen molar-refractivity contribution in [2.75, 3.05) is 0 Å². The summed E-state index contributed by atoms with van der Waals surface area (Å²) in [4.78, 5) is 26.7. The summed E-state index contributed by atoms with van der Waals surface area (Å²) in [5.41, 5.74) is -2.68. The topological polar surface area (TPSA) is 60.2 Å². The van der Waals surface area contributed by atoms with E-state index in [0.717, 1.165) is 24.3 Å². The Morgan fingerprint density at radius 3 is 2.36 bits per heavy atom. The van der Waals surface area contributed by atoms with Crippen LogP contribution in [0.15, 0.2) is 34.8 Å². The molecule has 8 heteroatoms. The number of benzene rings is 1. The number of ketones is 2. The van der Waals surface area contributed by atoms with Gasteiger partial charge in [0, 0.05) is 0 Å². The van der Waals surface area contributed by atoms with E-state index in [2.05, 4.69) is 4.98 Å². The van der Waals surface area contributed by atoms with Crippen LogP contribution >= 0.6 is 0 Å². The molecule has 1 heterocycles. The highest BCUT2D eigenvalue weighted by Gasteiger charge is 2.37. The number of carbonyl (C=O) groups excluding carboxylic acids is 2. The predicted octanol–water partition coefficient (Wildman–Crippen LogP) is 3.43. The smallest absolute Gasteiger partial charge is 0.417 e. The minimum atomic E-state index is -4.85. The minimum absolute atomic E-state index is 0.432. The number of fused-ring (bicyclic) bond motifs is 1. The number of oxazole rings is 1. The average Bonchev–Trinajstić information content (AvgIpc) is 2.88. The molecular formula is C14H5F4NO3. The van der Waals surface area contributed by atoms with Gasteiger partial charge in [0.2, 0.25) is 23.2 Å². The lowest BCUT2D eigenvalue weighted by molar-refractivity contribution is -0.137. The van der Waals surface area contributed by atoms with E-state index in [-0.39, 0.29) is 0 Å². The van der Waals surface area contributed by atoms with Crippen LogP contribution in [0, 0.1) is 5.82 Å². The fourth-order valence-corrected chi connectivity index (χ4v) is 2.04. The highest BCUT2D eigenvalue weighted by Crippen LogP contribution is 2.39. The number of allylic oxidation sites excluding steroid dienone is 2. The molecular weight excluding hydrogens is 306 g/mol. The molecule has 22 heavy (non-hydrogen) atoms. The van der Waals surface area contributed by atoms with Gasteiger partial charge in [-0.2, -0.15) is 13.2 Å². The van der Waals surface area contributed by atoms with Crippen LogP contribution in [0.5, 0.6) is 0 Å². The molecule has 0 aliphatic heterocycles. The molecule has 1 aliphatic rings. The summed E-state index contributed by atoms with van der Waals surface area (Å²) in [5, 5.41) is 0. The van der Waals surface area contributed by atoms with Gasteiger partial charge in [0.1, 0.15) is 5.82 Å². The molecule has 0 fully saturated rings. The lowest BCUT2D eigenvalue weighted by atomic mass is 10.1. The van der Waals surface area contributed by atoms with Gasteiger partial charge in [0.05, 0.1) is 11.1 Å². The van der Waals surface area contributed by atoms with Crippen molar-refractivity contribution >= 4 is 11.6 Å². The molecule has 1 aromatic heterocycles. The summed E-state index contributed by atoms with van der Waals surface area (Å²) >= 11 is 0. The summed E-state index contributed by atoms with van der Waals surface area (Å²) in [6, 6.07) is 2.35. The van der Waals surface area contributed by atoms with Gasteiger partial charge >= 0.3 is 6.18 Å². The van der Waals surface area contributed by atoms with Gasteiger partial charge in [-0.15, -0.1) is 0 Å². The minimum Gasteiger partial charge on any atom is -0.432 e. The molecule has 0 saturated carbocycles. The van der Waals surface area contributed by atoms with Crippen molar-refractivity contribution < 1.29 is 31.6 Å². The second-order valence-corrected chi connectivity index (χ2v) is 4.42. The Morgan fingerprint density at radius 2 is 1.73 bits per heavy atom. The predicted molar refractivity (Wildman–Crippen MR) is 64.7 cm³/mol. The van der Waals surface area contributed by atoms with Crippen molar-refractivity contribution in [1.29, 1.82) is 0 Å². The van der Waals surface area contributed by atoms with Crippen LogP contribution in [0.25, 0.3) is 11.5 Å². The first-order chi connectivity index (χ1) is 10.3. The molecule has 4 nitrogen and oxygen atoms in total. The van der Waals surface area contributed by atoms with Crippen molar-refractivity contribution in [1.82, 2.24) is 4.98 Å². The standard InChI is InChI=1S/C14H5F4NO3/c15-7-3-1-2-6(14(16,17)18)10(7)13-19-11-8(20)4-5-9(21)12(11)22-13/h1-5H. The summed E-state index contributed by atoms with van der Waals surface area (Å²) in [6.07, 6.45) is -3.02. The second kappa shape index (κ2) is 4.62. The maximum atomic E-state index is 13.8. The Bertz CT molecular complexity index is 798. The molecule has 0 spiro atoms. The first-order valence-electron chi connectivity index (χ1n) is 5.92. The summed E-state index contributed by atoms with van der Waals surface area (Å²) in [7, 11) is 0. The Morgan fingerprint density at radius 1 is 1.05 bits per heavy atom. The zero-order valence-corrected chi connectivity index (χ0v) is 10.6. The Hall–Kier alpha value is -2.77. The van der Waals surface area contributed by atoms with Crippen LogP contribution in [0.4, 0.5) is 17.6 Å². The van der Waals surface area contributed by atoms with Crippen molar-refractivity contribution in [3.05, 3.63) is 53.2 Å². The van der Waals surface area contributed by atoms with E-state index in [9.17, 15) is 27.2 Å². The van der Waals surface area contributed by atoms with Crippen LogP contribution in [-0.4, -0.2) is 16.6 Å². The highest BCUT2D eigenvalue weighted by molar-refractivity contribution is 6.20. The van der Waals surface area contributed by atoms with E-state index in [0.29, 0.717) is 6.07 Å². The maximum Gasteiger partial charge on any atom is 0.417 e. The number of hydrogen-bond acceptors (Lipinski definition) is 4. The number of hydrogen-bond donors (Lipinski definition) is 0. The van der Waals surface area contributed by atoms with Crippen molar-refractivity contribution in [3.63, 3.8) is 0 Å². The first-order valence-corrected chi connectivity index (χ1v) is 5.92. The fourth-order valence-electron chi connectivity index (χ4n) is 2.04. The normalized spacial score (nSPS) is 14.4. The average molecular weight is 311 g/mol. The van der Waals surface area contributed by atoms with Gasteiger partial charge in [-0.05, 0) is 24.3 Å². The number of halogens is 4. The molecule has 0 unspecified atom stereocenters. The Kier molecular flexibility index (Phi) is 2.98. The van der Waals surface area contributed by atoms with E-state index in [1.54, 1.807) is 0 Å². The third-order valence-corrected chi connectivity index (χ3v) is 3.00. The van der Waals surface area contributed by atoms with Gasteiger partial charge in [0.15, 0.2) is 5.69 Å². The molecule has 2 aromatic rings. The van der Waals surface area contributed by atoms with Crippen molar-refractivity contribution in [2.45, 2.75) is 6.18 Å². The number of aromatic nitrogens is 1. The van der Waals surface area contributed by atoms with Crippen LogP contribution in [0.2, 0.25) is 0 Å². The molecule has 0 atom stereocenters. The molecule has 0 bridgehead atoms. The quantitative estimate of drug-likeness (QED) is 0.757. The largest absolute Gasteiger partial charge is 0.432 e. The van der Waals surface area contributed by atoms with Gasteiger partial charge in [0.25, 0.3) is 0 Å². The van der Waals surface area contributed by atoms with Crippen LogP contribution < -0.4 is 0 Å². The van der Waals surface area contributed by atoms with Gasteiger partial charge in [-0.1, -0.05) is 6.07 Å². The van der Waals surface area contributed by atoms with Crippen LogP contribution in [0.1, 0.15) is 26.6 Å². The fraction of sp³-hybridized carbons (Fsp3) is 0.0714. The molecule has 3 rings (SSSR count). The monoisotopic (exact) mass is 311 g/mol. The van der Waals surface area contributed by atoms with E-state index < -0.39 is 52.0 Å². The van der Waals surface area contributed by atoms with E-state index in [1.165, 1.54) is 0 Å². The molecule has 0 amide bonds. The lowest BCUT2D eigenvalue weighted by Crippen LogP contribution is -2.09. The lowest BCUT2D eigenvalue weighted by Gasteiger charge is -2.10. The van der Waals surface area contributed by atoms with Crippen LogP contribution in [0.3, 0.4) is 0 Å². The number of carbonyl (C=O) groups is 2. The second-order valence-electron chi connectivity index (χ2n) is 4.42. The van der Waals surface area contributed by atoms with Gasteiger partial charge in [-0.25, -0.2) is 9.37 Å². The number of rotatable bonds is 1. The summed E-state index contributed by atoms with van der Waals surface area (Å²) in [6.45, 7) is 0. The maximum absolute atomic E-state index is 13.8. The SMILES string of the molecule is O=C1C=CC(=O)c2oc(-c3c(F)cccc3C(F)(F)F)nc21. The number of nitrogens with zero attached hydrogens (tertiary/aromatic N) is 1. The number of alkyl halides is 3. The zero-order valence-electron chi connectivity index (χ0n) is 10.6. The molecule has 0 saturated heterocycles. The van der Waals surface area contributed by atoms with Gasteiger partial charge in [-0.3, -0.25) is 9.59 Å². The van der Waals surface area contributed by atoms with E-state index >= 15 is 0 Å². The van der Waals surface area contributed by atoms with E-state index in [4.69, 9.17) is 4.42 Å². The van der Waals surface area contributed by atoms with Crippen molar-refractivity contribution in [3.8, 4) is 11.5 Å². The summed E-state index contributed by atoms with van der Waals surface area (Å²) in [5.74, 6) is -3.91. The zero-order chi connectivity index (χ0) is 16.1. The summed E-state index contributed by atoms with van der Waals surface area (Å²) < 4.78 is 57.7. The molecule has 0 N–H and O–H groups in total. The molecule has 1 aliphatic carbocycles. The Labute approximate surface area is 120 Å². The molecule has 112 valence electrons.